The second-order valence-electron chi connectivity index (χ2n) is 4.12. The number of ether oxygens (including phenoxy) is 2. The molecule has 0 bridgehead atoms. The second kappa shape index (κ2) is 5.05. The van der Waals surface area contributed by atoms with E-state index in [9.17, 15) is 9.59 Å². The highest BCUT2D eigenvalue weighted by Gasteiger charge is 2.18. The molecule has 0 saturated heterocycles. The summed E-state index contributed by atoms with van der Waals surface area (Å²) in [5.74, 6) is 0. The molecule has 1 heterocycles. The summed E-state index contributed by atoms with van der Waals surface area (Å²) in [7, 11) is 0. The molecular weight excluding hydrogens is 246 g/mol. The van der Waals surface area contributed by atoms with Crippen molar-refractivity contribution < 1.29 is 24.2 Å². The molecule has 0 aliphatic rings. The zero-order chi connectivity index (χ0) is 13.1. The van der Waals surface area contributed by atoms with Crippen molar-refractivity contribution in [1.29, 1.82) is 0 Å². The summed E-state index contributed by atoms with van der Waals surface area (Å²) < 4.78 is 9.50. The first-order chi connectivity index (χ1) is 7.78. The Hall–Kier alpha value is -1.76. The number of hydrogen-bond acceptors (Lipinski definition) is 5. The van der Waals surface area contributed by atoms with Crippen molar-refractivity contribution in [3.63, 3.8) is 0 Å². The van der Waals surface area contributed by atoms with Gasteiger partial charge in [0.05, 0.1) is 5.69 Å². The lowest BCUT2D eigenvalue weighted by molar-refractivity contribution is 0.0635. The summed E-state index contributed by atoms with van der Waals surface area (Å²) in [6.45, 7) is 5.19. The van der Waals surface area contributed by atoms with Crippen LogP contribution in [0.25, 0.3) is 0 Å². The van der Waals surface area contributed by atoms with E-state index < -0.39 is 17.8 Å². The van der Waals surface area contributed by atoms with Gasteiger partial charge >= 0.3 is 12.2 Å². The van der Waals surface area contributed by atoms with Gasteiger partial charge in [-0.15, -0.1) is 11.3 Å². The van der Waals surface area contributed by atoms with Gasteiger partial charge in [0, 0.05) is 0 Å². The van der Waals surface area contributed by atoms with E-state index in [0.717, 1.165) is 11.3 Å². The van der Waals surface area contributed by atoms with Crippen LogP contribution in [0.2, 0.25) is 0 Å². The fourth-order valence-corrected chi connectivity index (χ4v) is 1.65. The first-order valence-electron chi connectivity index (χ1n) is 4.76. The Kier molecular flexibility index (Phi) is 3.95. The van der Waals surface area contributed by atoms with E-state index in [4.69, 9.17) is 9.84 Å². The van der Waals surface area contributed by atoms with Crippen molar-refractivity contribution in [3.8, 4) is 5.06 Å². The maximum absolute atomic E-state index is 11.4. The standard InChI is InChI=1S/C10H13NO5S/c1-10(2,3)16-8(12)11-6-4-5-17-7(6)15-9(13)14/h4-5H,1-3H3,(H,11,12)(H,13,14). The first kappa shape index (κ1) is 13.3. The van der Waals surface area contributed by atoms with Crippen LogP contribution in [0, 0.1) is 0 Å². The first-order valence-corrected chi connectivity index (χ1v) is 5.64. The molecule has 17 heavy (non-hydrogen) atoms. The minimum atomic E-state index is -1.43. The third kappa shape index (κ3) is 4.73. The van der Waals surface area contributed by atoms with Gasteiger partial charge in [-0.2, -0.15) is 0 Å². The molecule has 1 rings (SSSR count). The largest absolute Gasteiger partial charge is 0.512 e. The van der Waals surface area contributed by atoms with Gasteiger partial charge in [-0.05, 0) is 32.2 Å². The summed E-state index contributed by atoms with van der Waals surface area (Å²) in [4.78, 5) is 21.8. The zero-order valence-electron chi connectivity index (χ0n) is 9.64. The minimum Gasteiger partial charge on any atom is -0.449 e. The Labute approximate surface area is 102 Å². The molecule has 0 atom stereocenters. The highest BCUT2D eigenvalue weighted by Crippen LogP contribution is 2.31. The number of hydrogen-bond donors (Lipinski definition) is 2. The van der Waals surface area contributed by atoms with Crippen LogP contribution in [0.4, 0.5) is 15.3 Å². The summed E-state index contributed by atoms with van der Waals surface area (Å²) in [5.41, 5.74) is -0.347. The monoisotopic (exact) mass is 259 g/mol. The highest BCUT2D eigenvalue weighted by atomic mass is 32.1. The molecule has 0 saturated carbocycles. The molecule has 6 nitrogen and oxygen atoms in total. The molecule has 1 aromatic heterocycles. The normalized spacial score (nSPS) is 10.8. The average Bonchev–Trinajstić information content (AvgIpc) is 2.47. The van der Waals surface area contributed by atoms with Crippen molar-refractivity contribution >= 4 is 29.3 Å². The van der Waals surface area contributed by atoms with E-state index in [1.165, 1.54) is 6.07 Å². The topological polar surface area (TPSA) is 84.9 Å². The zero-order valence-corrected chi connectivity index (χ0v) is 10.5. The van der Waals surface area contributed by atoms with E-state index in [0.29, 0.717) is 0 Å². The van der Waals surface area contributed by atoms with E-state index in [2.05, 4.69) is 10.1 Å². The predicted octanol–water partition coefficient (Wildman–Crippen LogP) is 3.15. The molecule has 1 aromatic rings. The maximum atomic E-state index is 11.4. The number of carbonyl (C=O) groups is 2. The predicted molar refractivity (Wildman–Crippen MR) is 62.8 cm³/mol. The summed E-state index contributed by atoms with van der Waals surface area (Å²) in [6.07, 6.45) is -2.09. The van der Waals surface area contributed by atoms with Gasteiger partial charge in [0.15, 0.2) is 0 Å². The van der Waals surface area contributed by atoms with Crippen LogP contribution < -0.4 is 10.1 Å². The Morgan fingerprint density at radius 2 is 2.06 bits per heavy atom. The number of anilines is 1. The van der Waals surface area contributed by atoms with Crippen molar-refractivity contribution in [1.82, 2.24) is 0 Å². The molecule has 0 fully saturated rings. The molecule has 0 aliphatic carbocycles. The summed E-state index contributed by atoms with van der Waals surface area (Å²) in [5, 5.41) is 12.6. The fourth-order valence-electron chi connectivity index (χ4n) is 0.960. The van der Waals surface area contributed by atoms with E-state index in [1.807, 2.05) is 0 Å². The van der Waals surface area contributed by atoms with Crippen molar-refractivity contribution in [2.45, 2.75) is 26.4 Å². The van der Waals surface area contributed by atoms with Crippen molar-refractivity contribution in [2.24, 2.45) is 0 Å². The quantitative estimate of drug-likeness (QED) is 0.797. The molecule has 0 radical (unpaired) electrons. The van der Waals surface area contributed by atoms with Crippen LogP contribution in [0.15, 0.2) is 11.4 Å². The lowest BCUT2D eigenvalue weighted by Gasteiger charge is -2.19. The second-order valence-corrected chi connectivity index (χ2v) is 5.00. The maximum Gasteiger partial charge on any atom is 0.512 e. The van der Waals surface area contributed by atoms with Gasteiger partial charge in [-0.3, -0.25) is 5.32 Å². The third-order valence-electron chi connectivity index (χ3n) is 1.45. The number of rotatable bonds is 2. The highest BCUT2D eigenvalue weighted by molar-refractivity contribution is 7.12. The van der Waals surface area contributed by atoms with Crippen LogP contribution in [-0.4, -0.2) is 23.0 Å². The van der Waals surface area contributed by atoms with Crippen LogP contribution in [0.5, 0.6) is 5.06 Å². The minimum absolute atomic E-state index is 0.100. The molecule has 2 N–H and O–H groups in total. The van der Waals surface area contributed by atoms with Gasteiger partial charge in [0.2, 0.25) is 5.06 Å². The van der Waals surface area contributed by atoms with Crippen molar-refractivity contribution in [3.05, 3.63) is 11.4 Å². The number of amides is 1. The number of thiophene rings is 1. The van der Waals surface area contributed by atoms with Gasteiger partial charge in [-0.25, -0.2) is 9.59 Å². The molecule has 0 aliphatic heterocycles. The smallest absolute Gasteiger partial charge is 0.449 e. The molecular formula is C10H13NO5S. The Balaban J connectivity index is 2.65. The number of carboxylic acid groups (broad SMARTS) is 1. The van der Waals surface area contributed by atoms with E-state index in [1.54, 1.807) is 26.2 Å². The Morgan fingerprint density at radius 3 is 2.59 bits per heavy atom. The van der Waals surface area contributed by atoms with E-state index in [-0.39, 0.29) is 10.8 Å². The van der Waals surface area contributed by atoms with Crippen molar-refractivity contribution in [2.75, 3.05) is 5.32 Å². The lowest BCUT2D eigenvalue weighted by atomic mass is 10.2. The SMILES string of the molecule is CC(C)(C)OC(=O)Nc1ccsc1OC(=O)O. The Morgan fingerprint density at radius 1 is 1.41 bits per heavy atom. The molecule has 1 amide bonds. The van der Waals surface area contributed by atoms with Gasteiger partial charge in [0.1, 0.15) is 5.60 Å². The molecule has 0 spiro atoms. The van der Waals surface area contributed by atoms with Crippen LogP contribution in [0.3, 0.4) is 0 Å². The van der Waals surface area contributed by atoms with E-state index >= 15 is 0 Å². The molecule has 94 valence electrons. The van der Waals surface area contributed by atoms with Gasteiger partial charge in [-0.1, -0.05) is 0 Å². The fraction of sp³-hybridized carbons (Fsp3) is 0.400. The molecule has 0 aromatic carbocycles. The number of carbonyl (C=O) groups excluding carboxylic acids is 1. The molecule has 0 unspecified atom stereocenters. The molecule has 7 heteroatoms. The summed E-state index contributed by atoms with van der Waals surface area (Å²) >= 11 is 1.06. The third-order valence-corrected chi connectivity index (χ3v) is 2.23. The Bertz CT molecular complexity index is 421. The average molecular weight is 259 g/mol. The lowest BCUT2D eigenvalue weighted by Crippen LogP contribution is -2.27. The van der Waals surface area contributed by atoms with Gasteiger partial charge in [0.25, 0.3) is 0 Å². The van der Waals surface area contributed by atoms with Crippen LogP contribution in [-0.2, 0) is 4.74 Å². The summed E-state index contributed by atoms with van der Waals surface area (Å²) in [6, 6.07) is 1.53. The van der Waals surface area contributed by atoms with Crippen LogP contribution in [0.1, 0.15) is 20.8 Å². The number of nitrogens with one attached hydrogen (secondary N) is 1. The van der Waals surface area contributed by atoms with Crippen LogP contribution >= 0.6 is 11.3 Å². The van der Waals surface area contributed by atoms with Gasteiger partial charge < -0.3 is 14.6 Å².